The van der Waals surface area contributed by atoms with E-state index in [4.69, 9.17) is 5.11 Å². The Morgan fingerprint density at radius 3 is 2.90 bits per heavy atom. The third kappa shape index (κ3) is 4.55. The smallest absolute Gasteiger partial charge is 0.236 e. The van der Waals surface area contributed by atoms with Gasteiger partial charge in [0.15, 0.2) is 0 Å². The molecule has 112 valence electrons. The van der Waals surface area contributed by atoms with Gasteiger partial charge in [0.1, 0.15) is 12.4 Å². The van der Waals surface area contributed by atoms with Crippen molar-refractivity contribution in [2.45, 2.75) is 13.0 Å². The first kappa shape index (κ1) is 15.5. The van der Waals surface area contributed by atoms with Gasteiger partial charge in [-0.1, -0.05) is 11.8 Å². The largest absolute Gasteiger partial charge is 0.384 e. The van der Waals surface area contributed by atoms with Gasteiger partial charge in [-0.15, -0.1) is 0 Å². The molecule has 0 aliphatic carbocycles. The minimum absolute atomic E-state index is 0.0872. The van der Waals surface area contributed by atoms with Crippen molar-refractivity contribution < 1.29 is 14.3 Å². The van der Waals surface area contributed by atoms with Gasteiger partial charge < -0.3 is 10.0 Å². The van der Waals surface area contributed by atoms with Crippen LogP contribution in [0.5, 0.6) is 0 Å². The number of nitrogens with zero attached hydrogens (tertiary/aromatic N) is 2. The van der Waals surface area contributed by atoms with Gasteiger partial charge in [0, 0.05) is 32.2 Å². The lowest BCUT2D eigenvalue weighted by Gasteiger charge is -2.19. The fourth-order valence-corrected chi connectivity index (χ4v) is 2.40. The summed E-state index contributed by atoms with van der Waals surface area (Å²) in [4.78, 5) is 15.6. The van der Waals surface area contributed by atoms with E-state index in [2.05, 4.69) is 11.8 Å². The molecule has 0 saturated carbocycles. The highest BCUT2D eigenvalue weighted by Crippen LogP contribution is 2.13. The summed E-state index contributed by atoms with van der Waals surface area (Å²) in [6.07, 6.45) is 0.911. The summed E-state index contributed by atoms with van der Waals surface area (Å²) in [5, 5.41) is 8.69. The molecule has 0 unspecified atom stereocenters. The van der Waals surface area contributed by atoms with Gasteiger partial charge in [0.2, 0.25) is 5.91 Å². The van der Waals surface area contributed by atoms with Gasteiger partial charge in [-0.25, -0.2) is 4.39 Å². The standard InChI is InChI=1S/C16H19FN2O2/c1-18-5-3-6-19(12-16(18)21)11-14-8-13(4-2-7-20)9-15(17)10-14/h8-10,20H,3,5-7,11-12H2,1H3. The molecular formula is C16H19FN2O2. The Morgan fingerprint density at radius 2 is 2.14 bits per heavy atom. The highest BCUT2D eigenvalue weighted by Gasteiger charge is 2.19. The molecule has 1 aromatic carbocycles. The summed E-state index contributed by atoms with van der Waals surface area (Å²) in [6, 6.07) is 4.60. The molecule has 0 bridgehead atoms. The first-order chi connectivity index (χ1) is 10.1. The molecular weight excluding hydrogens is 271 g/mol. The molecule has 1 saturated heterocycles. The van der Waals surface area contributed by atoms with E-state index in [1.807, 2.05) is 4.90 Å². The molecule has 1 amide bonds. The van der Waals surface area contributed by atoms with Gasteiger partial charge in [0.05, 0.1) is 6.54 Å². The third-order valence-corrected chi connectivity index (χ3v) is 3.43. The van der Waals surface area contributed by atoms with E-state index in [1.54, 1.807) is 18.0 Å². The van der Waals surface area contributed by atoms with Gasteiger partial charge >= 0.3 is 0 Å². The molecule has 4 nitrogen and oxygen atoms in total. The zero-order chi connectivity index (χ0) is 15.2. The van der Waals surface area contributed by atoms with Crippen molar-refractivity contribution in [2.75, 3.05) is 33.3 Å². The summed E-state index contributed by atoms with van der Waals surface area (Å²) in [5.74, 6) is 4.95. The van der Waals surface area contributed by atoms with Gasteiger partial charge in [0.25, 0.3) is 0 Å². The van der Waals surface area contributed by atoms with Crippen LogP contribution in [-0.4, -0.2) is 54.1 Å². The van der Waals surface area contributed by atoms with E-state index in [1.165, 1.54) is 12.1 Å². The van der Waals surface area contributed by atoms with Crippen molar-refractivity contribution in [3.8, 4) is 11.8 Å². The predicted octanol–water partition coefficient (Wildman–Crippen LogP) is 0.834. The average Bonchev–Trinajstić information content (AvgIpc) is 2.58. The number of likely N-dealkylation sites (N-methyl/N-ethyl adjacent to an activating group) is 1. The van der Waals surface area contributed by atoms with Gasteiger partial charge in [-0.3, -0.25) is 9.69 Å². The number of halogens is 1. The molecule has 1 aliphatic heterocycles. The van der Waals surface area contributed by atoms with E-state index in [9.17, 15) is 9.18 Å². The number of aliphatic hydroxyl groups is 1. The molecule has 1 heterocycles. The quantitative estimate of drug-likeness (QED) is 0.821. The van der Waals surface area contributed by atoms with Crippen molar-refractivity contribution >= 4 is 5.91 Å². The zero-order valence-electron chi connectivity index (χ0n) is 12.1. The van der Waals surface area contributed by atoms with Gasteiger partial charge in [-0.2, -0.15) is 0 Å². The van der Waals surface area contributed by atoms with Crippen LogP contribution >= 0.6 is 0 Å². The molecule has 0 aromatic heterocycles. The van der Waals surface area contributed by atoms with Crippen molar-refractivity contribution in [3.63, 3.8) is 0 Å². The Bertz CT molecular complexity index is 577. The summed E-state index contributed by atoms with van der Waals surface area (Å²) in [5.41, 5.74) is 1.33. The molecule has 0 spiro atoms. The number of benzene rings is 1. The second-order valence-electron chi connectivity index (χ2n) is 5.19. The van der Waals surface area contributed by atoms with Crippen LogP contribution in [0.1, 0.15) is 17.5 Å². The lowest BCUT2D eigenvalue weighted by atomic mass is 10.1. The number of carbonyl (C=O) groups is 1. The first-order valence-corrected chi connectivity index (χ1v) is 6.94. The van der Waals surface area contributed by atoms with E-state index in [0.29, 0.717) is 18.7 Å². The number of hydrogen-bond donors (Lipinski definition) is 1. The molecule has 0 atom stereocenters. The molecule has 1 fully saturated rings. The topological polar surface area (TPSA) is 43.8 Å². The Kier molecular flexibility index (Phi) is 5.32. The molecule has 5 heteroatoms. The molecule has 21 heavy (non-hydrogen) atoms. The molecule has 1 N–H and O–H groups in total. The second kappa shape index (κ2) is 7.21. The van der Waals surface area contributed by atoms with Crippen LogP contribution in [-0.2, 0) is 11.3 Å². The van der Waals surface area contributed by atoms with Gasteiger partial charge in [-0.05, 0) is 30.2 Å². The van der Waals surface area contributed by atoms with Crippen LogP contribution < -0.4 is 0 Å². The molecule has 1 aromatic rings. The fraction of sp³-hybridized carbons (Fsp3) is 0.438. The minimum atomic E-state index is -0.354. The average molecular weight is 290 g/mol. The lowest BCUT2D eigenvalue weighted by Crippen LogP contribution is -2.34. The van der Waals surface area contributed by atoms with E-state index in [-0.39, 0.29) is 18.3 Å². The number of rotatable bonds is 2. The Labute approximate surface area is 124 Å². The number of amides is 1. The Balaban J connectivity index is 2.11. The summed E-state index contributed by atoms with van der Waals surface area (Å²) in [6.45, 7) is 2.19. The van der Waals surface area contributed by atoms with Crippen molar-refractivity contribution in [2.24, 2.45) is 0 Å². The van der Waals surface area contributed by atoms with Crippen LogP contribution in [0.25, 0.3) is 0 Å². The van der Waals surface area contributed by atoms with Crippen LogP contribution in [0.2, 0.25) is 0 Å². The maximum Gasteiger partial charge on any atom is 0.236 e. The summed E-state index contributed by atoms with van der Waals surface area (Å²) in [7, 11) is 1.80. The summed E-state index contributed by atoms with van der Waals surface area (Å²) < 4.78 is 13.6. The minimum Gasteiger partial charge on any atom is -0.384 e. The van der Waals surface area contributed by atoms with Crippen LogP contribution in [0.15, 0.2) is 18.2 Å². The van der Waals surface area contributed by atoms with Crippen LogP contribution in [0.3, 0.4) is 0 Å². The second-order valence-corrected chi connectivity index (χ2v) is 5.19. The maximum absolute atomic E-state index is 13.6. The fourth-order valence-electron chi connectivity index (χ4n) is 2.40. The normalized spacial score (nSPS) is 16.3. The van der Waals surface area contributed by atoms with E-state index < -0.39 is 0 Å². The highest BCUT2D eigenvalue weighted by molar-refractivity contribution is 5.78. The van der Waals surface area contributed by atoms with Crippen molar-refractivity contribution in [3.05, 3.63) is 35.1 Å². The SMILES string of the molecule is CN1CCCN(Cc2cc(F)cc(C#CCO)c2)CC1=O. The van der Waals surface area contributed by atoms with E-state index in [0.717, 1.165) is 25.1 Å². The zero-order valence-corrected chi connectivity index (χ0v) is 12.1. The molecule has 1 aliphatic rings. The number of hydrogen-bond acceptors (Lipinski definition) is 3. The van der Waals surface area contributed by atoms with E-state index >= 15 is 0 Å². The van der Waals surface area contributed by atoms with Crippen LogP contribution in [0, 0.1) is 17.7 Å². The van der Waals surface area contributed by atoms with Crippen molar-refractivity contribution in [1.29, 1.82) is 0 Å². The molecule has 2 rings (SSSR count). The number of aliphatic hydroxyl groups excluding tert-OH is 1. The monoisotopic (exact) mass is 290 g/mol. The lowest BCUT2D eigenvalue weighted by molar-refractivity contribution is -0.129. The van der Waals surface area contributed by atoms with Crippen molar-refractivity contribution in [1.82, 2.24) is 9.80 Å². The Hall–Kier alpha value is -1.90. The van der Waals surface area contributed by atoms with Crippen LogP contribution in [0.4, 0.5) is 4.39 Å². The summed E-state index contributed by atoms with van der Waals surface area (Å²) >= 11 is 0. The third-order valence-electron chi connectivity index (χ3n) is 3.43. The molecule has 0 radical (unpaired) electrons. The Morgan fingerprint density at radius 1 is 1.33 bits per heavy atom. The highest BCUT2D eigenvalue weighted by atomic mass is 19.1. The number of carbonyl (C=O) groups excluding carboxylic acids is 1. The first-order valence-electron chi connectivity index (χ1n) is 6.94. The predicted molar refractivity (Wildman–Crippen MR) is 77.9 cm³/mol. The maximum atomic E-state index is 13.6.